The minimum atomic E-state index is -3.71. The van der Waals surface area contributed by atoms with E-state index in [1.54, 1.807) is 36.4 Å². The molecule has 2 aromatic carbocycles. The monoisotopic (exact) mass is 503 g/mol. The van der Waals surface area contributed by atoms with Gasteiger partial charge in [0.05, 0.1) is 11.5 Å². The van der Waals surface area contributed by atoms with Crippen molar-refractivity contribution in [1.82, 2.24) is 0 Å². The van der Waals surface area contributed by atoms with Crippen LogP contribution in [0.1, 0.15) is 30.1 Å². The average molecular weight is 505 g/mol. The number of carbonyl (C=O) groups excluding carboxylic acids is 1. The van der Waals surface area contributed by atoms with E-state index in [4.69, 9.17) is 4.74 Å². The molecule has 0 radical (unpaired) electrons. The Kier molecular flexibility index (Phi) is 7.67. The zero-order chi connectivity index (χ0) is 19.2. The Hall–Kier alpha value is -1.38. The van der Waals surface area contributed by atoms with E-state index in [0.717, 1.165) is 12.8 Å². The molecule has 0 aliphatic heterocycles. The van der Waals surface area contributed by atoms with Gasteiger partial charge in [0.25, 0.3) is 10.0 Å². The van der Waals surface area contributed by atoms with Gasteiger partial charge >= 0.3 is 0 Å². The van der Waals surface area contributed by atoms with Gasteiger partial charge in [0.2, 0.25) is 0 Å². The SMILES string of the molecule is CCCCOc1ccc(S(=O)(=O)Nc2ccc(C(=O)C(Br)Br)cc2)cc1. The lowest BCUT2D eigenvalue weighted by molar-refractivity contribution is 0.101. The third-order valence-electron chi connectivity index (χ3n) is 3.52. The lowest BCUT2D eigenvalue weighted by atomic mass is 10.1. The van der Waals surface area contributed by atoms with Crippen molar-refractivity contribution in [2.75, 3.05) is 11.3 Å². The van der Waals surface area contributed by atoms with Crippen molar-refractivity contribution in [2.45, 2.75) is 28.4 Å². The van der Waals surface area contributed by atoms with Gasteiger partial charge in [0.1, 0.15) is 9.49 Å². The lowest BCUT2D eigenvalue weighted by Gasteiger charge is -2.10. The number of Topliss-reactive ketones (excluding diaryl/α,β-unsaturated/α-hetero) is 1. The number of carbonyl (C=O) groups is 1. The van der Waals surface area contributed by atoms with Gasteiger partial charge in [0, 0.05) is 11.3 Å². The number of halogens is 2. The first-order valence-corrected chi connectivity index (χ1v) is 11.3. The zero-order valence-electron chi connectivity index (χ0n) is 14.1. The van der Waals surface area contributed by atoms with E-state index < -0.39 is 13.8 Å². The highest BCUT2D eigenvalue weighted by Crippen LogP contribution is 2.21. The molecule has 0 atom stereocenters. The molecule has 0 fully saturated rings. The number of sulfonamides is 1. The Morgan fingerprint density at radius 1 is 1.08 bits per heavy atom. The maximum Gasteiger partial charge on any atom is 0.261 e. The lowest BCUT2D eigenvalue weighted by Crippen LogP contribution is -2.13. The maximum atomic E-state index is 12.5. The molecule has 140 valence electrons. The number of alkyl halides is 2. The average Bonchev–Trinajstić information content (AvgIpc) is 2.62. The molecule has 0 unspecified atom stereocenters. The molecule has 0 saturated heterocycles. The third kappa shape index (κ3) is 5.82. The van der Waals surface area contributed by atoms with E-state index in [-0.39, 0.29) is 10.7 Å². The number of ether oxygens (including phenoxy) is 1. The number of unbranched alkanes of at least 4 members (excludes halogenated alkanes) is 1. The van der Waals surface area contributed by atoms with Crippen LogP contribution in [0.2, 0.25) is 0 Å². The van der Waals surface area contributed by atoms with Gasteiger partial charge in [-0.25, -0.2) is 8.42 Å². The fourth-order valence-electron chi connectivity index (χ4n) is 2.09. The number of benzene rings is 2. The Morgan fingerprint density at radius 2 is 1.69 bits per heavy atom. The first-order valence-electron chi connectivity index (χ1n) is 8.01. The van der Waals surface area contributed by atoms with Gasteiger partial charge in [-0.2, -0.15) is 0 Å². The number of ketones is 1. The third-order valence-corrected chi connectivity index (χ3v) is 5.75. The van der Waals surface area contributed by atoms with Gasteiger partial charge in [-0.05, 0) is 55.0 Å². The summed E-state index contributed by atoms with van der Waals surface area (Å²) in [7, 11) is -3.71. The van der Waals surface area contributed by atoms with Crippen LogP contribution >= 0.6 is 31.9 Å². The van der Waals surface area contributed by atoms with Crippen LogP contribution < -0.4 is 9.46 Å². The maximum absolute atomic E-state index is 12.5. The summed E-state index contributed by atoms with van der Waals surface area (Å²) in [5.74, 6) is 0.498. The molecular weight excluding hydrogens is 486 g/mol. The molecule has 0 heterocycles. The normalized spacial score (nSPS) is 11.4. The number of hydrogen-bond donors (Lipinski definition) is 1. The molecule has 0 aliphatic rings. The predicted octanol–water partition coefficient (Wildman–Crippen LogP) is 4.96. The van der Waals surface area contributed by atoms with E-state index in [9.17, 15) is 13.2 Å². The molecule has 26 heavy (non-hydrogen) atoms. The largest absolute Gasteiger partial charge is 0.494 e. The topological polar surface area (TPSA) is 72.5 Å². The van der Waals surface area contributed by atoms with Crippen LogP contribution in [-0.2, 0) is 10.0 Å². The van der Waals surface area contributed by atoms with E-state index in [2.05, 4.69) is 43.5 Å². The minimum Gasteiger partial charge on any atom is -0.494 e. The highest BCUT2D eigenvalue weighted by Gasteiger charge is 2.16. The summed E-state index contributed by atoms with van der Waals surface area (Å²) in [5.41, 5.74) is 0.853. The van der Waals surface area contributed by atoms with Gasteiger partial charge in [0.15, 0.2) is 5.78 Å². The fraction of sp³-hybridized carbons (Fsp3) is 0.278. The van der Waals surface area contributed by atoms with Crippen LogP contribution in [-0.4, -0.2) is 24.5 Å². The van der Waals surface area contributed by atoms with Crippen LogP contribution in [0.25, 0.3) is 0 Å². The fourth-order valence-corrected chi connectivity index (χ4v) is 3.68. The smallest absolute Gasteiger partial charge is 0.261 e. The van der Waals surface area contributed by atoms with Crippen molar-refractivity contribution in [3.05, 3.63) is 54.1 Å². The second-order valence-electron chi connectivity index (χ2n) is 5.52. The molecule has 0 aliphatic carbocycles. The van der Waals surface area contributed by atoms with Crippen LogP contribution in [0.15, 0.2) is 53.4 Å². The summed E-state index contributed by atoms with van der Waals surface area (Å²) >= 11 is 6.29. The molecule has 0 saturated carbocycles. The molecule has 2 aromatic rings. The molecule has 5 nitrogen and oxygen atoms in total. The first-order chi connectivity index (χ1) is 12.3. The molecule has 0 amide bonds. The van der Waals surface area contributed by atoms with Gasteiger partial charge in [-0.3, -0.25) is 9.52 Å². The number of anilines is 1. The van der Waals surface area contributed by atoms with Gasteiger partial charge < -0.3 is 4.74 Å². The van der Waals surface area contributed by atoms with Crippen molar-refractivity contribution in [3.63, 3.8) is 0 Å². The summed E-state index contributed by atoms with van der Waals surface area (Å²) in [4.78, 5) is 12.0. The number of nitrogens with one attached hydrogen (secondary N) is 1. The molecule has 0 spiro atoms. The number of rotatable bonds is 9. The van der Waals surface area contributed by atoms with E-state index in [0.29, 0.717) is 23.6 Å². The Morgan fingerprint density at radius 3 is 2.23 bits per heavy atom. The van der Waals surface area contributed by atoms with Crippen molar-refractivity contribution in [3.8, 4) is 5.75 Å². The second-order valence-corrected chi connectivity index (χ2v) is 10.3. The number of hydrogen-bond acceptors (Lipinski definition) is 4. The summed E-state index contributed by atoms with van der Waals surface area (Å²) in [5, 5.41) is 0. The molecule has 2 rings (SSSR count). The minimum absolute atomic E-state index is 0.140. The second kappa shape index (κ2) is 9.53. The summed E-state index contributed by atoms with van der Waals surface area (Å²) in [6, 6.07) is 12.5. The van der Waals surface area contributed by atoms with Crippen molar-refractivity contribution in [1.29, 1.82) is 0 Å². The standard InChI is InChI=1S/C18H19Br2NO4S/c1-2-3-12-25-15-8-10-16(11-9-15)26(23,24)21-14-6-4-13(5-7-14)17(22)18(19)20/h4-11,18,21H,2-3,12H2,1H3. The van der Waals surface area contributed by atoms with Crippen LogP contribution in [0, 0.1) is 0 Å². The molecule has 0 bridgehead atoms. The van der Waals surface area contributed by atoms with Crippen molar-refractivity contribution >= 4 is 53.4 Å². The zero-order valence-corrected chi connectivity index (χ0v) is 18.1. The van der Waals surface area contributed by atoms with Crippen LogP contribution in [0.3, 0.4) is 0 Å². The van der Waals surface area contributed by atoms with Gasteiger partial charge in [-0.1, -0.05) is 45.2 Å². The van der Waals surface area contributed by atoms with E-state index in [1.807, 2.05) is 0 Å². The highest BCUT2D eigenvalue weighted by atomic mass is 79.9. The Labute approximate surface area is 170 Å². The Bertz CT molecular complexity index is 834. The molecule has 1 N–H and O–H groups in total. The molecular formula is C18H19Br2NO4S. The van der Waals surface area contributed by atoms with Crippen molar-refractivity contribution in [2.24, 2.45) is 0 Å². The van der Waals surface area contributed by atoms with Gasteiger partial charge in [-0.15, -0.1) is 0 Å². The predicted molar refractivity (Wildman–Crippen MR) is 110 cm³/mol. The Balaban J connectivity index is 2.07. The quantitative estimate of drug-likeness (QED) is 0.297. The van der Waals surface area contributed by atoms with Crippen LogP contribution in [0.4, 0.5) is 5.69 Å². The highest BCUT2D eigenvalue weighted by molar-refractivity contribution is 9.25. The van der Waals surface area contributed by atoms with Crippen molar-refractivity contribution < 1.29 is 17.9 Å². The van der Waals surface area contributed by atoms with Crippen LogP contribution in [0.5, 0.6) is 5.75 Å². The van der Waals surface area contributed by atoms with E-state index >= 15 is 0 Å². The van der Waals surface area contributed by atoms with E-state index in [1.165, 1.54) is 12.1 Å². The molecule has 8 heteroatoms. The summed E-state index contributed by atoms with van der Waals surface area (Å²) in [6.07, 6.45) is 1.98. The summed E-state index contributed by atoms with van der Waals surface area (Å²) in [6.45, 7) is 2.68. The molecule has 0 aromatic heterocycles. The summed E-state index contributed by atoms with van der Waals surface area (Å²) < 4.78 is 32.5. The first kappa shape index (κ1) is 20.9.